The van der Waals surface area contributed by atoms with Crippen molar-refractivity contribution in [3.05, 3.63) is 109 Å². The summed E-state index contributed by atoms with van der Waals surface area (Å²) in [5.74, 6) is -0.310. The molecule has 38 heavy (non-hydrogen) atoms. The van der Waals surface area contributed by atoms with E-state index in [0.29, 0.717) is 27.7 Å². The number of pyridine rings is 1. The lowest BCUT2D eigenvalue weighted by molar-refractivity contribution is 0.585. The Hall–Kier alpha value is -4.57. The largest absolute Gasteiger partial charge is 0.275 e. The predicted molar refractivity (Wildman–Crippen MR) is 142 cm³/mol. The molecule has 0 aliphatic carbocycles. The summed E-state index contributed by atoms with van der Waals surface area (Å²) in [7, 11) is -2.10. The maximum atomic E-state index is 14.2. The third-order valence-corrected chi connectivity index (χ3v) is 8.13. The number of benzene rings is 2. The van der Waals surface area contributed by atoms with Gasteiger partial charge < -0.3 is 0 Å². The summed E-state index contributed by atoms with van der Waals surface area (Å²) < 4.78 is 46.1. The second kappa shape index (κ2) is 9.07. The molecule has 6 rings (SSSR count). The molecule has 0 aliphatic heterocycles. The van der Waals surface area contributed by atoms with Crippen LogP contribution in [0.4, 0.5) is 4.39 Å². The summed E-state index contributed by atoms with van der Waals surface area (Å²) in [6.07, 6.45) is 10.2. The monoisotopic (exact) mass is 526 g/mol. The fourth-order valence-corrected chi connectivity index (χ4v) is 5.76. The minimum atomic E-state index is -3.93. The van der Waals surface area contributed by atoms with E-state index in [1.807, 2.05) is 26.2 Å². The molecule has 0 saturated heterocycles. The van der Waals surface area contributed by atoms with Gasteiger partial charge in [-0.25, -0.2) is 21.8 Å². The van der Waals surface area contributed by atoms with E-state index in [1.54, 1.807) is 82.8 Å². The van der Waals surface area contributed by atoms with Gasteiger partial charge in [0, 0.05) is 65.0 Å². The van der Waals surface area contributed by atoms with E-state index in [2.05, 4.69) is 15.2 Å². The highest BCUT2D eigenvalue weighted by atomic mass is 32.2. The van der Waals surface area contributed by atoms with E-state index in [-0.39, 0.29) is 17.3 Å². The maximum absolute atomic E-state index is 14.2. The van der Waals surface area contributed by atoms with E-state index < -0.39 is 10.0 Å². The van der Waals surface area contributed by atoms with Crippen molar-refractivity contribution in [3.8, 4) is 22.3 Å². The molecule has 2 aromatic carbocycles. The Morgan fingerprint density at radius 3 is 2.37 bits per heavy atom. The van der Waals surface area contributed by atoms with Crippen molar-refractivity contribution < 1.29 is 12.8 Å². The zero-order valence-corrected chi connectivity index (χ0v) is 21.5. The number of hydrogen-bond acceptors (Lipinski definition) is 5. The second-order valence-corrected chi connectivity index (χ2v) is 11.0. The minimum Gasteiger partial charge on any atom is -0.275 e. The number of rotatable bonds is 6. The zero-order valence-electron chi connectivity index (χ0n) is 20.7. The molecule has 0 spiro atoms. The van der Waals surface area contributed by atoms with E-state index >= 15 is 0 Å². The predicted octanol–water partition coefficient (Wildman–Crippen LogP) is 5.03. The smallest absolute Gasteiger partial charge is 0.269 e. The molecule has 6 aromatic rings. The molecule has 0 saturated carbocycles. The summed E-state index contributed by atoms with van der Waals surface area (Å²) in [6.45, 7) is 2.15. The molecular formula is C28H23FN6O2S. The molecule has 0 aliphatic rings. The Labute approximate surface area is 218 Å². The first-order valence-corrected chi connectivity index (χ1v) is 13.3. The van der Waals surface area contributed by atoms with Crippen molar-refractivity contribution in [2.75, 3.05) is 0 Å². The van der Waals surface area contributed by atoms with Crippen molar-refractivity contribution >= 4 is 21.1 Å². The molecule has 0 bridgehead atoms. The fraction of sp³-hybridized carbons (Fsp3) is 0.107. The highest BCUT2D eigenvalue weighted by Gasteiger charge is 2.24. The second-order valence-electron chi connectivity index (χ2n) is 9.17. The van der Waals surface area contributed by atoms with Gasteiger partial charge in [0.25, 0.3) is 10.0 Å². The van der Waals surface area contributed by atoms with Gasteiger partial charge in [-0.05, 0) is 31.2 Å². The minimum absolute atomic E-state index is 0.167. The Balaban J connectivity index is 1.50. The molecule has 4 aromatic heterocycles. The molecule has 0 unspecified atom stereocenters. The van der Waals surface area contributed by atoms with Gasteiger partial charge in [-0.15, -0.1) is 0 Å². The van der Waals surface area contributed by atoms with Crippen LogP contribution >= 0.6 is 0 Å². The van der Waals surface area contributed by atoms with Gasteiger partial charge in [0.2, 0.25) is 0 Å². The van der Waals surface area contributed by atoms with Crippen LogP contribution in [0.5, 0.6) is 0 Å². The summed E-state index contributed by atoms with van der Waals surface area (Å²) in [4.78, 5) is 4.74. The van der Waals surface area contributed by atoms with Gasteiger partial charge in [0.05, 0.1) is 23.8 Å². The number of hydrogen-bond donors (Lipinski definition) is 0. The normalized spacial score (nSPS) is 11.9. The van der Waals surface area contributed by atoms with Gasteiger partial charge in [0.1, 0.15) is 5.82 Å². The molecule has 4 heterocycles. The Morgan fingerprint density at radius 2 is 1.63 bits per heavy atom. The first-order chi connectivity index (χ1) is 18.3. The third kappa shape index (κ3) is 4.18. The molecule has 0 atom stereocenters. The standard InChI is InChI=1S/C28H23FN6O2S/c1-19-7-9-24(10-8-19)38(36,37)35-18-26(23-14-32-34(17-23)16-20-5-3-4-6-27(20)29)25-11-21(12-30-28(25)35)22-13-31-33(2)15-22/h3-15,17-18H,16H2,1-2H3. The molecule has 0 amide bonds. The lowest BCUT2D eigenvalue weighted by atomic mass is 10.1. The number of nitrogens with zero attached hydrogens (tertiary/aromatic N) is 6. The number of aromatic nitrogens is 6. The number of fused-ring (bicyclic) bond motifs is 1. The highest BCUT2D eigenvalue weighted by molar-refractivity contribution is 7.90. The Bertz CT molecular complexity index is 1900. The van der Waals surface area contributed by atoms with Gasteiger partial charge in [-0.2, -0.15) is 10.2 Å². The van der Waals surface area contributed by atoms with Crippen molar-refractivity contribution in [2.24, 2.45) is 7.05 Å². The van der Waals surface area contributed by atoms with Crippen molar-refractivity contribution in [1.82, 2.24) is 28.5 Å². The molecule has 8 nitrogen and oxygen atoms in total. The topological polar surface area (TPSA) is 87.6 Å². The molecule has 10 heteroatoms. The van der Waals surface area contributed by atoms with E-state index in [0.717, 1.165) is 16.7 Å². The third-order valence-electron chi connectivity index (χ3n) is 6.46. The van der Waals surface area contributed by atoms with Gasteiger partial charge in [0.15, 0.2) is 5.65 Å². The number of aryl methyl sites for hydroxylation is 2. The van der Waals surface area contributed by atoms with Crippen LogP contribution in [0, 0.1) is 12.7 Å². The van der Waals surface area contributed by atoms with Crippen molar-refractivity contribution in [3.63, 3.8) is 0 Å². The lowest BCUT2D eigenvalue weighted by Crippen LogP contribution is -2.12. The average Bonchev–Trinajstić information content (AvgIpc) is 3.64. The maximum Gasteiger partial charge on any atom is 0.269 e. The number of halogens is 1. The van der Waals surface area contributed by atoms with E-state index in [1.165, 1.54) is 10.0 Å². The Morgan fingerprint density at radius 1 is 0.868 bits per heavy atom. The van der Waals surface area contributed by atoms with Crippen LogP contribution in [0.25, 0.3) is 33.3 Å². The van der Waals surface area contributed by atoms with Crippen LogP contribution in [0.2, 0.25) is 0 Å². The summed E-state index contributed by atoms with van der Waals surface area (Å²) in [5, 5.41) is 9.30. The molecular weight excluding hydrogens is 503 g/mol. The molecule has 190 valence electrons. The van der Waals surface area contributed by atoms with E-state index in [9.17, 15) is 12.8 Å². The summed E-state index contributed by atoms with van der Waals surface area (Å²) in [5.41, 5.74) is 4.77. The Kier molecular flexibility index (Phi) is 5.68. The van der Waals surface area contributed by atoms with Gasteiger partial charge in [-0.1, -0.05) is 35.9 Å². The first-order valence-electron chi connectivity index (χ1n) is 11.9. The zero-order chi connectivity index (χ0) is 26.4. The van der Waals surface area contributed by atoms with Crippen LogP contribution in [0.15, 0.2) is 96.7 Å². The molecule has 0 radical (unpaired) electrons. The SMILES string of the molecule is Cc1ccc(S(=O)(=O)n2cc(-c3cnn(Cc4ccccc4F)c3)c3cc(-c4cnn(C)c4)cnc32)cc1. The average molecular weight is 527 g/mol. The van der Waals surface area contributed by atoms with E-state index in [4.69, 9.17) is 0 Å². The van der Waals surface area contributed by atoms with Crippen LogP contribution < -0.4 is 0 Å². The van der Waals surface area contributed by atoms with Gasteiger partial charge in [-0.3, -0.25) is 9.36 Å². The van der Waals surface area contributed by atoms with Crippen molar-refractivity contribution in [1.29, 1.82) is 0 Å². The summed E-state index contributed by atoms with van der Waals surface area (Å²) in [6, 6.07) is 15.2. The lowest BCUT2D eigenvalue weighted by Gasteiger charge is -2.07. The van der Waals surface area contributed by atoms with Gasteiger partial charge >= 0.3 is 0 Å². The highest BCUT2D eigenvalue weighted by Crippen LogP contribution is 2.34. The van der Waals surface area contributed by atoms with Crippen LogP contribution in [-0.4, -0.2) is 36.9 Å². The summed E-state index contributed by atoms with van der Waals surface area (Å²) >= 11 is 0. The van der Waals surface area contributed by atoms with Crippen molar-refractivity contribution in [2.45, 2.75) is 18.4 Å². The van der Waals surface area contributed by atoms with Crippen LogP contribution in [0.1, 0.15) is 11.1 Å². The first kappa shape index (κ1) is 23.8. The molecule has 0 fully saturated rings. The fourth-order valence-electron chi connectivity index (χ4n) is 4.43. The molecule has 0 N–H and O–H groups in total. The van der Waals surface area contributed by atoms with Crippen LogP contribution in [-0.2, 0) is 23.6 Å². The van der Waals surface area contributed by atoms with Crippen LogP contribution in [0.3, 0.4) is 0 Å². The quantitative estimate of drug-likeness (QED) is 0.304.